The Hall–Kier alpha value is -2.10. The van der Waals surface area contributed by atoms with Crippen molar-refractivity contribution in [2.24, 2.45) is 0 Å². The number of imidazole rings is 1. The molecule has 6 atom stereocenters. The number of methoxy groups -OCH3 is 1. The number of rotatable bonds is 10. The molecule has 1 amide bonds. The molecule has 14 heteroatoms. The molecule has 0 saturated carbocycles. The van der Waals surface area contributed by atoms with Crippen molar-refractivity contribution in [3.8, 4) is 5.88 Å². The van der Waals surface area contributed by atoms with Gasteiger partial charge in [-0.05, 0) is 23.6 Å². The molecule has 0 aliphatic carbocycles. The van der Waals surface area contributed by atoms with E-state index >= 15 is 0 Å². The third-order valence-corrected chi connectivity index (χ3v) is 12.5. The zero-order chi connectivity index (χ0) is 28.5. The van der Waals surface area contributed by atoms with Gasteiger partial charge in [-0.3, -0.25) is 24.0 Å². The summed E-state index contributed by atoms with van der Waals surface area (Å²) in [5.74, 6) is -0.406. The van der Waals surface area contributed by atoms with Crippen molar-refractivity contribution in [2.75, 3.05) is 19.0 Å². The quantitative estimate of drug-likeness (QED) is 0.320. The Labute approximate surface area is 234 Å². The summed E-state index contributed by atoms with van der Waals surface area (Å²) in [6.45, 7) is 14.3. The lowest BCUT2D eigenvalue weighted by Crippen LogP contribution is -2.52. The highest BCUT2D eigenvalue weighted by molar-refractivity contribution is 8.00. The predicted octanol–water partition coefficient (Wildman–Crippen LogP) is 4.16. The van der Waals surface area contributed by atoms with Gasteiger partial charge >= 0.3 is 8.56 Å². The molecule has 0 bridgehead atoms. The van der Waals surface area contributed by atoms with Gasteiger partial charge in [0.25, 0.3) is 0 Å². The average molecular weight is 582 g/mol. The zero-order valence-corrected chi connectivity index (χ0v) is 25.6. The molecule has 1 N–H and O–H groups in total. The van der Waals surface area contributed by atoms with Crippen LogP contribution in [0.2, 0.25) is 11.1 Å². The second-order valence-corrected chi connectivity index (χ2v) is 16.8. The van der Waals surface area contributed by atoms with Gasteiger partial charge in [0.05, 0.1) is 13.4 Å². The standard InChI is InChI=1S/C25H39N5O7SSi/c1-13(2)38-15(5)9-10-16(6)39(14(3)4)36-21-18(11-34-37-39)35-24(20(21)32)30-12-26-19-22(30)28-25(27-17(7)31)29-23(19)33-8/h12-16,18,21,24H,9-11H2,1-8H3,(H,27,28,29,31). The zero-order valence-electron chi connectivity index (χ0n) is 23.8. The van der Waals surface area contributed by atoms with Gasteiger partial charge in [0.1, 0.15) is 18.8 Å². The molecule has 12 nitrogen and oxygen atoms in total. The van der Waals surface area contributed by atoms with Crippen LogP contribution in [0.1, 0.15) is 67.5 Å². The first-order chi connectivity index (χ1) is 18.5. The van der Waals surface area contributed by atoms with Gasteiger partial charge in [0.2, 0.25) is 23.5 Å². The predicted molar refractivity (Wildman–Crippen MR) is 149 cm³/mol. The number of nitrogens with one attached hydrogen (secondary N) is 1. The highest BCUT2D eigenvalue weighted by Gasteiger charge is 2.58. The van der Waals surface area contributed by atoms with Crippen LogP contribution < -0.4 is 10.1 Å². The lowest BCUT2D eigenvalue weighted by atomic mass is 10.1. The Morgan fingerprint density at radius 2 is 1.97 bits per heavy atom. The summed E-state index contributed by atoms with van der Waals surface area (Å²) >= 11 is 1.95. The molecule has 6 unspecified atom stereocenters. The van der Waals surface area contributed by atoms with Gasteiger partial charge in [-0.25, -0.2) is 9.87 Å². The number of hydrogen-bond acceptors (Lipinski definition) is 11. The first kappa shape index (κ1) is 29.9. The first-order valence-corrected chi connectivity index (χ1v) is 16.3. The van der Waals surface area contributed by atoms with Gasteiger partial charge in [-0.15, -0.1) is 0 Å². The number of Topliss-reactive ketones (excluding diaryl/α,β-unsaturated/α-hetero) is 1. The van der Waals surface area contributed by atoms with E-state index in [0.717, 1.165) is 12.8 Å². The van der Waals surface area contributed by atoms with E-state index in [2.05, 4.69) is 61.8 Å². The Kier molecular flexibility index (Phi) is 9.33. The normalized spacial score (nSPS) is 27.0. The number of ketones is 1. The number of nitrogens with zero attached hydrogens (tertiary/aromatic N) is 4. The molecule has 0 spiro atoms. The maximum atomic E-state index is 13.8. The van der Waals surface area contributed by atoms with Crippen LogP contribution in [-0.4, -0.2) is 76.2 Å². The number of amides is 1. The first-order valence-electron chi connectivity index (χ1n) is 13.4. The summed E-state index contributed by atoms with van der Waals surface area (Å²) in [6.07, 6.45) is 0.807. The van der Waals surface area contributed by atoms with Crippen LogP contribution in [0.25, 0.3) is 11.2 Å². The Morgan fingerprint density at radius 1 is 1.23 bits per heavy atom. The van der Waals surface area contributed by atoms with Gasteiger partial charge in [-0.2, -0.15) is 21.7 Å². The van der Waals surface area contributed by atoms with Gasteiger partial charge < -0.3 is 13.9 Å². The minimum Gasteiger partial charge on any atom is -0.479 e. The van der Waals surface area contributed by atoms with E-state index in [1.165, 1.54) is 24.9 Å². The molecular weight excluding hydrogens is 542 g/mol. The van der Waals surface area contributed by atoms with E-state index in [0.29, 0.717) is 16.0 Å². The minimum atomic E-state index is -3.01. The number of thioether (sulfide) groups is 1. The summed E-state index contributed by atoms with van der Waals surface area (Å²) in [5, 5.41) is 3.61. The Bertz CT molecular complexity index is 1200. The smallest absolute Gasteiger partial charge is 0.381 e. The molecule has 2 saturated heterocycles. The fourth-order valence-corrected chi connectivity index (χ4v) is 9.86. The molecular formula is C25H39N5O7SSi. The van der Waals surface area contributed by atoms with Gasteiger partial charge in [0, 0.05) is 17.7 Å². The lowest BCUT2D eigenvalue weighted by molar-refractivity contribution is -0.240. The van der Waals surface area contributed by atoms with Crippen LogP contribution in [-0.2, 0) is 28.2 Å². The molecule has 0 radical (unpaired) electrons. The summed E-state index contributed by atoms with van der Waals surface area (Å²) in [4.78, 5) is 44.1. The van der Waals surface area contributed by atoms with Crippen LogP contribution in [0.3, 0.4) is 0 Å². The van der Waals surface area contributed by atoms with E-state index < -0.39 is 27.0 Å². The van der Waals surface area contributed by atoms with Crippen molar-refractivity contribution in [1.82, 2.24) is 19.5 Å². The van der Waals surface area contributed by atoms with Crippen molar-refractivity contribution < 1.29 is 33.0 Å². The van der Waals surface area contributed by atoms with E-state index in [1.807, 2.05) is 11.8 Å². The molecule has 2 aliphatic rings. The number of carbonyl (C=O) groups excluding carboxylic acids is 2. The summed E-state index contributed by atoms with van der Waals surface area (Å²) in [6, 6.07) is 0. The van der Waals surface area contributed by atoms with Crippen molar-refractivity contribution in [3.05, 3.63) is 6.33 Å². The lowest BCUT2D eigenvalue weighted by Gasteiger charge is -2.37. The fourth-order valence-electron chi connectivity index (χ4n) is 5.14. The van der Waals surface area contributed by atoms with Crippen LogP contribution in [0.15, 0.2) is 6.33 Å². The molecule has 0 aromatic carbocycles. The van der Waals surface area contributed by atoms with Crippen LogP contribution >= 0.6 is 11.8 Å². The number of aromatic nitrogens is 4. The van der Waals surface area contributed by atoms with Crippen molar-refractivity contribution in [1.29, 1.82) is 0 Å². The van der Waals surface area contributed by atoms with Gasteiger partial charge in [0.15, 0.2) is 17.4 Å². The number of hydrogen-bond donors (Lipinski definition) is 1. The van der Waals surface area contributed by atoms with E-state index in [4.69, 9.17) is 23.4 Å². The van der Waals surface area contributed by atoms with Gasteiger partial charge in [-0.1, -0.05) is 41.5 Å². The number of anilines is 1. The molecule has 39 heavy (non-hydrogen) atoms. The number of ether oxygens (including phenoxy) is 2. The third-order valence-electron chi connectivity index (χ3n) is 7.02. The van der Waals surface area contributed by atoms with Crippen LogP contribution in [0, 0.1) is 0 Å². The summed E-state index contributed by atoms with van der Waals surface area (Å²) < 4.78 is 25.8. The molecule has 216 valence electrons. The van der Waals surface area contributed by atoms with E-state index in [1.54, 1.807) is 0 Å². The minimum absolute atomic E-state index is 0.0335. The highest BCUT2D eigenvalue weighted by atomic mass is 32.2. The molecule has 4 rings (SSSR count). The number of carbonyl (C=O) groups is 2. The molecule has 2 fully saturated rings. The molecule has 2 aromatic heterocycles. The molecule has 2 aliphatic heterocycles. The van der Waals surface area contributed by atoms with Crippen LogP contribution in [0.4, 0.5) is 5.95 Å². The SMILES string of the molecule is COc1nc(NC(C)=O)nc2c1ncn2C1OC2COO[Si](C(C)C)(C(C)CCC(C)SC(C)C)OC2C1=O. The Balaban J connectivity index is 1.60. The van der Waals surface area contributed by atoms with Crippen molar-refractivity contribution >= 4 is 49.1 Å². The largest absolute Gasteiger partial charge is 0.479 e. The maximum absolute atomic E-state index is 13.8. The highest BCUT2D eigenvalue weighted by Crippen LogP contribution is 2.44. The maximum Gasteiger partial charge on any atom is 0.381 e. The van der Waals surface area contributed by atoms with E-state index in [-0.39, 0.29) is 46.9 Å². The van der Waals surface area contributed by atoms with Crippen molar-refractivity contribution in [3.63, 3.8) is 0 Å². The topological polar surface area (TPSA) is 136 Å². The molecule has 2 aromatic rings. The summed E-state index contributed by atoms with van der Waals surface area (Å²) in [7, 11) is -1.57. The van der Waals surface area contributed by atoms with Crippen molar-refractivity contribution in [2.45, 2.75) is 101 Å². The van der Waals surface area contributed by atoms with E-state index in [9.17, 15) is 9.59 Å². The fraction of sp³-hybridized carbons (Fsp3) is 0.720. The monoisotopic (exact) mass is 581 g/mol. The number of fused-ring (bicyclic) bond motifs is 2. The Morgan fingerprint density at radius 3 is 2.62 bits per heavy atom. The second-order valence-electron chi connectivity index (χ2n) is 10.7. The summed E-state index contributed by atoms with van der Waals surface area (Å²) in [5.41, 5.74) is 0.750. The second kappa shape index (κ2) is 12.2. The third kappa shape index (κ3) is 6.15. The van der Waals surface area contributed by atoms with Crippen LogP contribution in [0.5, 0.6) is 5.88 Å². The average Bonchev–Trinajstić information content (AvgIpc) is 3.33. The molecule has 4 heterocycles.